The van der Waals surface area contributed by atoms with Gasteiger partial charge in [-0.2, -0.15) is 0 Å². The first-order valence-electron chi connectivity index (χ1n) is 7.20. The molecule has 6 heteroatoms. The van der Waals surface area contributed by atoms with Gasteiger partial charge in [0.25, 0.3) is 5.91 Å². The highest BCUT2D eigenvalue weighted by atomic mass is 16.5. The van der Waals surface area contributed by atoms with Gasteiger partial charge in [-0.3, -0.25) is 19.7 Å². The second kappa shape index (κ2) is 7.75. The molecule has 0 bridgehead atoms. The summed E-state index contributed by atoms with van der Waals surface area (Å²) in [5.41, 5.74) is 2.36. The van der Waals surface area contributed by atoms with Crippen molar-refractivity contribution in [1.82, 2.24) is 15.3 Å². The first-order chi connectivity index (χ1) is 10.2. The van der Waals surface area contributed by atoms with Crippen molar-refractivity contribution in [2.75, 3.05) is 32.7 Å². The molecule has 1 aliphatic rings. The number of carbonyl (C=O) groups excluding carboxylic acids is 2. The smallest absolute Gasteiger partial charge is 0.253 e. The van der Waals surface area contributed by atoms with E-state index in [0.717, 1.165) is 25.2 Å². The molecule has 0 aliphatic carbocycles. The fourth-order valence-corrected chi connectivity index (χ4v) is 2.46. The van der Waals surface area contributed by atoms with Crippen molar-refractivity contribution < 1.29 is 14.8 Å². The number of hydrogen-bond acceptors (Lipinski definition) is 4. The normalized spacial score (nSPS) is 15.8. The SMILES string of the molecule is O=C(CCCN1CCN(C(=O)c2ccccc2)CC1)NO. The van der Waals surface area contributed by atoms with E-state index in [0.29, 0.717) is 25.9 Å². The summed E-state index contributed by atoms with van der Waals surface area (Å²) in [7, 11) is 0. The van der Waals surface area contributed by atoms with Crippen LogP contribution in [0.15, 0.2) is 30.3 Å². The number of benzene rings is 1. The highest BCUT2D eigenvalue weighted by molar-refractivity contribution is 5.94. The molecule has 0 unspecified atom stereocenters. The number of nitrogens with one attached hydrogen (secondary N) is 1. The van der Waals surface area contributed by atoms with Crippen LogP contribution in [0.3, 0.4) is 0 Å². The largest absolute Gasteiger partial charge is 0.336 e. The summed E-state index contributed by atoms with van der Waals surface area (Å²) in [6.45, 7) is 3.86. The van der Waals surface area contributed by atoms with Gasteiger partial charge < -0.3 is 4.90 Å². The molecule has 0 radical (unpaired) electrons. The lowest BCUT2D eigenvalue weighted by Gasteiger charge is -2.34. The molecular weight excluding hydrogens is 270 g/mol. The van der Waals surface area contributed by atoms with Gasteiger partial charge in [0.15, 0.2) is 0 Å². The Morgan fingerprint density at radius 3 is 2.38 bits per heavy atom. The van der Waals surface area contributed by atoms with Gasteiger partial charge in [-0.1, -0.05) is 18.2 Å². The van der Waals surface area contributed by atoms with E-state index in [1.54, 1.807) is 5.48 Å². The molecule has 0 saturated carbocycles. The van der Waals surface area contributed by atoms with Crippen LogP contribution < -0.4 is 5.48 Å². The van der Waals surface area contributed by atoms with Crippen LogP contribution in [0.25, 0.3) is 0 Å². The quantitative estimate of drug-likeness (QED) is 0.619. The van der Waals surface area contributed by atoms with Crippen LogP contribution in [0, 0.1) is 0 Å². The van der Waals surface area contributed by atoms with E-state index in [2.05, 4.69) is 4.90 Å². The Balaban J connectivity index is 1.73. The monoisotopic (exact) mass is 291 g/mol. The zero-order valence-electron chi connectivity index (χ0n) is 12.0. The molecule has 2 amide bonds. The van der Waals surface area contributed by atoms with Crippen molar-refractivity contribution in [2.24, 2.45) is 0 Å². The molecular formula is C15H21N3O3. The summed E-state index contributed by atoms with van der Waals surface area (Å²) in [4.78, 5) is 27.3. The van der Waals surface area contributed by atoms with Crippen LogP contribution in [-0.2, 0) is 4.79 Å². The average molecular weight is 291 g/mol. The summed E-state index contributed by atoms with van der Waals surface area (Å²) in [6.07, 6.45) is 1.03. The maximum absolute atomic E-state index is 12.3. The van der Waals surface area contributed by atoms with Crippen molar-refractivity contribution in [3.05, 3.63) is 35.9 Å². The molecule has 0 spiro atoms. The summed E-state index contributed by atoms with van der Waals surface area (Å²) in [6, 6.07) is 9.31. The van der Waals surface area contributed by atoms with Gasteiger partial charge in [0.05, 0.1) is 0 Å². The Morgan fingerprint density at radius 2 is 1.76 bits per heavy atom. The summed E-state index contributed by atoms with van der Waals surface area (Å²) < 4.78 is 0. The Labute approximate surface area is 124 Å². The summed E-state index contributed by atoms with van der Waals surface area (Å²) in [5.74, 6) is -0.275. The van der Waals surface area contributed by atoms with Gasteiger partial charge in [0.1, 0.15) is 0 Å². The zero-order valence-corrected chi connectivity index (χ0v) is 12.0. The molecule has 2 N–H and O–H groups in total. The minimum Gasteiger partial charge on any atom is -0.336 e. The average Bonchev–Trinajstić information content (AvgIpc) is 2.55. The van der Waals surface area contributed by atoms with Crippen LogP contribution in [-0.4, -0.2) is 59.5 Å². The van der Waals surface area contributed by atoms with Crippen molar-refractivity contribution in [1.29, 1.82) is 0 Å². The molecule has 1 heterocycles. The summed E-state index contributed by atoms with van der Waals surface area (Å²) in [5, 5.41) is 8.42. The molecule has 1 aliphatic heterocycles. The fraction of sp³-hybridized carbons (Fsp3) is 0.467. The van der Waals surface area contributed by atoms with E-state index in [1.807, 2.05) is 35.2 Å². The highest BCUT2D eigenvalue weighted by Crippen LogP contribution is 2.09. The van der Waals surface area contributed by atoms with E-state index in [1.165, 1.54) is 0 Å². The zero-order chi connectivity index (χ0) is 15.1. The minimum atomic E-state index is -0.354. The number of nitrogens with zero attached hydrogens (tertiary/aromatic N) is 2. The number of hydrogen-bond donors (Lipinski definition) is 2. The molecule has 1 aromatic carbocycles. The van der Waals surface area contributed by atoms with Crippen LogP contribution in [0.2, 0.25) is 0 Å². The molecule has 0 aromatic heterocycles. The van der Waals surface area contributed by atoms with E-state index in [9.17, 15) is 9.59 Å². The first kappa shape index (κ1) is 15.5. The summed E-state index contributed by atoms with van der Waals surface area (Å²) >= 11 is 0. The Bertz CT molecular complexity index is 470. The Morgan fingerprint density at radius 1 is 1.10 bits per heavy atom. The standard InChI is InChI=1S/C15H21N3O3/c19-14(16-21)7-4-8-17-9-11-18(12-10-17)15(20)13-5-2-1-3-6-13/h1-3,5-6,21H,4,7-12H2,(H,16,19). The second-order valence-corrected chi connectivity index (χ2v) is 5.14. The van der Waals surface area contributed by atoms with Crippen molar-refractivity contribution >= 4 is 11.8 Å². The Hall–Kier alpha value is -1.92. The lowest BCUT2D eigenvalue weighted by molar-refractivity contribution is -0.129. The van der Waals surface area contributed by atoms with Crippen LogP contribution in [0.5, 0.6) is 0 Å². The molecule has 0 atom stereocenters. The predicted octanol–water partition coefficient (Wildman–Crippen LogP) is 0.730. The van der Waals surface area contributed by atoms with Gasteiger partial charge in [-0.25, -0.2) is 5.48 Å². The van der Waals surface area contributed by atoms with Gasteiger partial charge in [-0.15, -0.1) is 0 Å². The first-order valence-corrected chi connectivity index (χ1v) is 7.20. The maximum Gasteiger partial charge on any atom is 0.253 e. The number of amides is 2. The van der Waals surface area contributed by atoms with Crippen molar-refractivity contribution in [3.8, 4) is 0 Å². The molecule has 2 rings (SSSR count). The van der Waals surface area contributed by atoms with E-state index in [-0.39, 0.29) is 11.8 Å². The Kier molecular flexibility index (Phi) is 5.71. The van der Waals surface area contributed by atoms with E-state index in [4.69, 9.17) is 5.21 Å². The number of carbonyl (C=O) groups is 2. The van der Waals surface area contributed by atoms with Crippen molar-refractivity contribution in [2.45, 2.75) is 12.8 Å². The lowest BCUT2D eigenvalue weighted by atomic mass is 10.2. The van der Waals surface area contributed by atoms with Gasteiger partial charge in [0, 0.05) is 38.2 Å². The van der Waals surface area contributed by atoms with Crippen molar-refractivity contribution in [3.63, 3.8) is 0 Å². The van der Waals surface area contributed by atoms with Gasteiger partial charge in [0.2, 0.25) is 5.91 Å². The van der Waals surface area contributed by atoms with Gasteiger partial charge in [-0.05, 0) is 25.1 Å². The maximum atomic E-state index is 12.3. The third-order valence-corrected chi connectivity index (χ3v) is 3.68. The molecule has 1 aromatic rings. The predicted molar refractivity (Wildman–Crippen MR) is 77.9 cm³/mol. The highest BCUT2D eigenvalue weighted by Gasteiger charge is 2.21. The van der Waals surface area contributed by atoms with Gasteiger partial charge >= 0.3 is 0 Å². The molecule has 1 saturated heterocycles. The van der Waals surface area contributed by atoms with Crippen LogP contribution >= 0.6 is 0 Å². The molecule has 21 heavy (non-hydrogen) atoms. The van der Waals surface area contributed by atoms with E-state index < -0.39 is 0 Å². The third kappa shape index (κ3) is 4.54. The van der Waals surface area contributed by atoms with Crippen LogP contribution in [0.1, 0.15) is 23.2 Å². The van der Waals surface area contributed by atoms with Crippen LogP contribution in [0.4, 0.5) is 0 Å². The molecule has 114 valence electrons. The number of rotatable bonds is 5. The molecule has 6 nitrogen and oxygen atoms in total. The van der Waals surface area contributed by atoms with E-state index >= 15 is 0 Å². The minimum absolute atomic E-state index is 0.0786. The lowest BCUT2D eigenvalue weighted by Crippen LogP contribution is -2.48. The topological polar surface area (TPSA) is 72.9 Å². The fourth-order valence-electron chi connectivity index (χ4n) is 2.46. The molecule has 1 fully saturated rings. The number of piperazine rings is 1. The second-order valence-electron chi connectivity index (χ2n) is 5.14. The third-order valence-electron chi connectivity index (χ3n) is 3.68. The number of hydroxylamine groups is 1.